The van der Waals surface area contributed by atoms with Gasteiger partial charge in [-0.3, -0.25) is 0 Å². The lowest BCUT2D eigenvalue weighted by Crippen LogP contribution is -2.50. The zero-order valence-electron chi connectivity index (χ0n) is 11.4. The van der Waals surface area contributed by atoms with E-state index in [1.165, 1.54) is 5.39 Å². The van der Waals surface area contributed by atoms with E-state index >= 15 is 0 Å². The Bertz CT molecular complexity index is 585. The number of hydrogen-bond acceptors (Lipinski definition) is 4. The Labute approximate surface area is 113 Å². The second-order valence-corrected chi connectivity index (χ2v) is 4.97. The van der Waals surface area contributed by atoms with E-state index in [2.05, 4.69) is 34.3 Å². The molecule has 100 valence electrons. The minimum atomic E-state index is 0.457. The molecule has 4 heteroatoms. The highest BCUT2D eigenvalue weighted by molar-refractivity contribution is 5.93. The molecule has 1 aliphatic heterocycles. The molecule has 0 radical (unpaired) electrons. The van der Waals surface area contributed by atoms with Crippen molar-refractivity contribution in [1.29, 1.82) is 0 Å². The zero-order chi connectivity index (χ0) is 13.2. The van der Waals surface area contributed by atoms with Gasteiger partial charge >= 0.3 is 0 Å². The van der Waals surface area contributed by atoms with Gasteiger partial charge in [-0.2, -0.15) is 0 Å². The van der Waals surface area contributed by atoms with Crippen LogP contribution in [0.25, 0.3) is 10.8 Å². The SMILES string of the molecule is COc1ccc2ccnc(N3CCNCC3C)c2c1. The average molecular weight is 257 g/mol. The molecular formula is C15H19N3O. The fourth-order valence-electron chi connectivity index (χ4n) is 2.64. The maximum atomic E-state index is 5.33. The van der Waals surface area contributed by atoms with Gasteiger partial charge in [-0.25, -0.2) is 4.98 Å². The first-order valence-electron chi connectivity index (χ1n) is 6.69. The van der Waals surface area contributed by atoms with E-state index in [0.717, 1.165) is 36.6 Å². The first kappa shape index (κ1) is 12.2. The molecule has 1 saturated heterocycles. The lowest BCUT2D eigenvalue weighted by molar-refractivity contribution is 0.415. The van der Waals surface area contributed by atoms with Crippen LogP contribution in [0.1, 0.15) is 6.92 Å². The standard InChI is InChI=1S/C15H19N3O/c1-11-10-16-7-8-18(11)15-14-9-13(19-2)4-3-12(14)5-6-17-15/h3-6,9,11,16H,7-8,10H2,1-2H3. The first-order chi connectivity index (χ1) is 9.29. The van der Waals surface area contributed by atoms with Crippen LogP contribution in [0.2, 0.25) is 0 Å². The van der Waals surface area contributed by atoms with Crippen molar-refractivity contribution in [2.24, 2.45) is 0 Å². The monoisotopic (exact) mass is 257 g/mol. The summed E-state index contributed by atoms with van der Waals surface area (Å²) in [6.45, 7) is 5.23. The van der Waals surface area contributed by atoms with E-state index in [0.29, 0.717) is 6.04 Å². The molecule has 0 spiro atoms. The van der Waals surface area contributed by atoms with E-state index in [1.54, 1.807) is 7.11 Å². The van der Waals surface area contributed by atoms with Crippen LogP contribution in [0.5, 0.6) is 5.75 Å². The summed E-state index contributed by atoms with van der Waals surface area (Å²) >= 11 is 0. The summed E-state index contributed by atoms with van der Waals surface area (Å²) in [4.78, 5) is 6.97. The smallest absolute Gasteiger partial charge is 0.136 e. The molecule has 4 nitrogen and oxygen atoms in total. The number of piperazine rings is 1. The summed E-state index contributed by atoms with van der Waals surface area (Å²) in [5, 5.41) is 5.78. The number of methoxy groups -OCH3 is 1. The number of nitrogens with one attached hydrogen (secondary N) is 1. The Kier molecular flexibility index (Phi) is 3.25. The Morgan fingerprint density at radius 2 is 2.26 bits per heavy atom. The Morgan fingerprint density at radius 1 is 1.37 bits per heavy atom. The first-order valence-corrected chi connectivity index (χ1v) is 6.69. The molecule has 2 aromatic rings. The van der Waals surface area contributed by atoms with Crippen LogP contribution in [0.15, 0.2) is 30.5 Å². The summed E-state index contributed by atoms with van der Waals surface area (Å²) < 4.78 is 5.33. The van der Waals surface area contributed by atoms with Gasteiger partial charge < -0.3 is 15.0 Å². The molecule has 1 aliphatic rings. The van der Waals surface area contributed by atoms with Crippen LogP contribution in [0.3, 0.4) is 0 Å². The van der Waals surface area contributed by atoms with Crippen LogP contribution in [0, 0.1) is 0 Å². The molecule has 1 N–H and O–H groups in total. The largest absolute Gasteiger partial charge is 0.497 e. The highest BCUT2D eigenvalue weighted by Crippen LogP contribution is 2.29. The molecule has 1 aromatic heterocycles. The zero-order valence-corrected chi connectivity index (χ0v) is 11.4. The summed E-state index contributed by atoms with van der Waals surface area (Å²) in [6, 6.07) is 8.66. The molecule has 2 heterocycles. The molecule has 1 atom stereocenters. The van der Waals surface area contributed by atoms with Gasteiger partial charge in [-0.05, 0) is 30.5 Å². The topological polar surface area (TPSA) is 37.4 Å². The maximum absolute atomic E-state index is 5.33. The Morgan fingerprint density at radius 3 is 3.05 bits per heavy atom. The van der Waals surface area contributed by atoms with Gasteiger partial charge in [0.05, 0.1) is 7.11 Å². The molecule has 19 heavy (non-hydrogen) atoms. The number of pyridine rings is 1. The molecule has 0 bridgehead atoms. The van der Waals surface area contributed by atoms with Gasteiger partial charge in [-0.1, -0.05) is 6.07 Å². The van der Waals surface area contributed by atoms with Crippen LogP contribution in [-0.2, 0) is 0 Å². The minimum absolute atomic E-state index is 0.457. The molecular weight excluding hydrogens is 238 g/mol. The van der Waals surface area contributed by atoms with Gasteiger partial charge in [0.15, 0.2) is 0 Å². The molecule has 0 amide bonds. The van der Waals surface area contributed by atoms with Crippen molar-refractivity contribution in [1.82, 2.24) is 10.3 Å². The minimum Gasteiger partial charge on any atom is -0.497 e. The highest BCUT2D eigenvalue weighted by Gasteiger charge is 2.21. The van der Waals surface area contributed by atoms with E-state index in [9.17, 15) is 0 Å². The Hall–Kier alpha value is -1.81. The van der Waals surface area contributed by atoms with E-state index < -0.39 is 0 Å². The van der Waals surface area contributed by atoms with Gasteiger partial charge in [0.2, 0.25) is 0 Å². The number of anilines is 1. The average Bonchev–Trinajstić information content (AvgIpc) is 2.47. The highest BCUT2D eigenvalue weighted by atomic mass is 16.5. The Balaban J connectivity index is 2.11. The van der Waals surface area contributed by atoms with Crippen LogP contribution < -0.4 is 15.0 Å². The molecule has 1 fully saturated rings. The van der Waals surface area contributed by atoms with Gasteiger partial charge in [0, 0.05) is 37.3 Å². The maximum Gasteiger partial charge on any atom is 0.136 e. The molecule has 0 saturated carbocycles. The summed E-state index contributed by atoms with van der Waals surface area (Å²) in [6.07, 6.45) is 1.89. The van der Waals surface area contributed by atoms with Crippen LogP contribution >= 0.6 is 0 Å². The van der Waals surface area contributed by atoms with Crippen molar-refractivity contribution >= 4 is 16.6 Å². The quantitative estimate of drug-likeness (QED) is 0.893. The number of hydrogen-bond donors (Lipinski definition) is 1. The van der Waals surface area contributed by atoms with Gasteiger partial charge in [-0.15, -0.1) is 0 Å². The van der Waals surface area contributed by atoms with Crippen molar-refractivity contribution in [3.05, 3.63) is 30.5 Å². The molecule has 0 aliphatic carbocycles. The van der Waals surface area contributed by atoms with Crippen LogP contribution in [-0.4, -0.2) is 37.8 Å². The van der Waals surface area contributed by atoms with Crippen molar-refractivity contribution in [3.8, 4) is 5.75 Å². The van der Waals surface area contributed by atoms with Gasteiger partial charge in [0.1, 0.15) is 11.6 Å². The summed E-state index contributed by atoms with van der Waals surface area (Å²) in [5.41, 5.74) is 0. The van der Waals surface area contributed by atoms with Crippen molar-refractivity contribution in [2.75, 3.05) is 31.6 Å². The fourth-order valence-corrected chi connectivity index (χ4v) is 2.64. The van der Waals surface area contributed by atoms with Crippen molar-refractivity contribution < 1.29 is 4.74 Å². The number of ether oxygens (including phenoxy) is 1. The molecule has 1 aromatic carbocycles. The van der Waals surface area contributed by atoms with Crippen LogP contribution in [0.4, 0.5) is 5.82 Å². The number of fused-ring (bicyclic) bond motifs is 1. The lowest BCUT2D eigenvalue weighted by Gasteiger charge is -2.35. The lowest BCUT2D eigenvalue weighted by atomic mass is 10.1. The second-order valence-electron chi connectivity index (χ2n) is 4.97. The predicted molar refractivity (Wildman–Crippen MR) is 78.0 cm³/mol. The van der Waals surface area contributed by atoms with E-state index in [1.807, 2.05) is 18.3 Å². The predicted octanol–water partition coefficient (Wildman–Crippen LogP) is 2.04. The number of rotatable bonds is 2. The number of benzene rings is 1. The number of nitrogens with zero attached hydrogens (tertiary/aromatic N) is 2. The summed E-state index contributed by atoms with van der Waals surface area (Å²) in [7, 11) is 1.70. The second kappa shape index (κ2) is 5.05. The third-order valence-corrected chi connectivity index (χ3v) is 3.73. The third kappa shape index (κ3) is 2.24. The van der Waals surface area contributed by atoms with Crippen molar-refractivity contribution in [3.63, 3.8) is 0 Å². The fraction of sp³-hybridized carbons (Fsp3) is 0.400. The van der Waals surface area contributed by atoms with Crippen molar-refractivity contribution in [2.45, 2.75) is 13.0 Å². The number of aromatic nitrogens is 1. The third-order valence-electron chi connectivity index (χ3n) is 3.73. The molecule has 3 rings (SSSR count). The summed E-state index contributed by atoms with van der Waals surface area (Å²) in [5.74, 6) is 1.94. The molecule has 1 unspecified atom stereocenters. The van der Waals surface area contributed by atoms with Gasteiger partial charge in [0.25, 0.3) is 0 Å². The normalized spacial score (nSPS) is 19.7. The van der Waals surface area contributed by atoms with E-state index in [-0.39, 0.29) is 0 Å². The van der Waals surface area contributed by atoms with E-state index in [4.69, 9.17) is 4.74 Å².